The summed E-state index contributed by atoms with van der Waals surface area (Å²) in [5.74, 6) is 0.473. The second kappa shape index (κ2) is 2.85. The zero-order valence-electron chi connectivity index (χ0n) is 5.70. The lowest BCUT2D eigenvalue weighted by molar-refractivity contribution is -0.131. The highest BCUT2D eigenvalue weighted by Gasteiger charge is 2.19. The molecule has 1 heterocycles. The van der Waals surface area contributed by atoms with E-state index < -0.39 is 0 Å². The first-order valence-electron chi connectivity index (χ1n) is 3.28. The molecule has 1 N–H and O–H groups in total. The van der Waals surface area contributed by atoms with Crippen molar-refractivity contribution >= 4 is 5.97 Å². The lowest BCUT2D eigenvalue weighted by Crippen LogP contribution is -1.99. The molecule has 0 spiro atoms. The molecule has 3 heteroatoms. The highest BCUT2D eigenvalue weighted by atomic mass is 16.5. The van der Waals surface area contributed by atoms with Crippen LogP contribution in [0, 0.1) is 0 Å². The summed E-state index contributed by atoms with van der Waals surface area (Å²) in [4.78, 5) is 10.7. The van der Waals surface area contributed by atoms with Crippen LogP contribution >= 0.6 is 0 Å². The number of ether oxygens (including phenoxy) is 1. The quantitative estimate of drug-likeness (QED) is 0.469. The second-order valence-corrected chi connectivity index (χ2v) is 2.44. The van der Waals surface area contributed by atoms with Crippen LogP contribution in [-0.2, 0) is 11.2 Å². The summed E-state index contributed by atoms with van der Waals surface area (Å²) in [6.07, 6.45) is 0.268. The number of phenolic OH excluding ortho intramolecular Hbond substituents is 1. The Morgan fingerprint density at radius 3 is 2.92 bits per heavy atom. The predicted octanol–water partition coefficient (Wildman–Crippen LogP) is 1.49. The Kier molecular flexibility index (Phi) is 2.04. The first-order valence-corrected chi connectivity index (χ1v) is 3.28. The standard InChI is InChI=1S/C8H6O3.CH4/c9-6-1-2-7-5(3-6)4-8(10)11-7;/h1-3,9H,4H2;1H4. The molecule has 1 aromatic rings. The third-order valence-electron chi connectivity index (χ3n) is 1.60. The molecule has 1 aliphatic rings. The van der Waals surface area contributed by atoms with E-state index in [2.05, 4.69) is 0 Å². The maximum Gasteiger partial charge on any atom is 0.315 e. The Morgan fingerprint density at radius 2 is 2.17 bits per heavy atom. The fraction of sp³-hybridized carbons (Fsp3) is 0.222. The minimum Gasteiger partial charge on any atom is -0.508 e. The fourth-order valence-electron chi connectivity index (χ4n) is 1.12. The van der Waals surface area contributed by atoms with E-state index >= 15 is 0 Å². The van der Waals surface area contributed by atoms with Crippen LogP contribution < -0.4 is 4.74 Å². The normalized spacial score (nSPS) is 13.2. The van der Waals surface area contributed by atoms with Crippen molar-refractivity contribution in [2.75, 3.05) is 0 Å². The van der Waals surface area contributed by atoms with Gasteiger partial charge in [0.15, 0.2) is 0 Å². The molecular weight excluding hydrogens is 156 g/mol. The van der Waals surface area contributed by atoms with Crippen LogP contribution in [0.4, 0.5) is 0 Å². The molecule has 0 saturated carbocycles. The van der Waals surface area contributed by atoms with Gasteiger partial charge in [0.1, 0.15) is 11.5 Å². The molecule has 3 nitrogen and oxygen atoms in total. The molecule has 1 aromatic carbocycles. The van der Waals surface area contributed by atoms with E-state index in [1.807, 2.05) is 0 Å². The molecular formula is C9H10O3. The summed E-state index contributed by atoms with van der Waals surface area (Å²) in [6.45, 7) is 0. The van der Waals surface area contributed by atoms with E-state index in [1.165, 1.54) is 6.07 Å². The van der Waals surface area contributed by atoms with Gasteiger partial charge in [0.2, 0.25) is 0 Å². The molecule has 12 heavy (non-hydrogen) atoms. The van der Waals surface area contributed by atoms with E-state index in [0.29, 0.717) is 5.75 Å². The molecule has 0 aliphatic carbocycles. The Balaban J connectivity index is 0.000000720. The van der Waals surface area contributed by atoms with Crippen molar-refractivity contribution in [1.29, 1.82) is 0 Å². The van der Waals surface area contributed by atoms with Gasteiger partial charge in [0.05, 0.1) is 6.42 Å². The SMILES string of the molecule is C.O=C1Cc2cc(O)ccc2O1. The summed E-state index contributed by atoms with van der Waals surface area (Å²) >= 11 is 0. The van der Waals surface area contributed by atoms with Gasteiger partial charge in [-0.25, -0.2) is 0 Å². The molecule has 2 rings (SSSR count). The van der Waals surface area contributed by atoms with Crippen LogP contribution in [0.2, 0.25) is 0 Å². The monoisotopic (exact) mass is 166 g/mol. The second-order valence-electron chi connectivity index (χ2n) is 2.44. The van der Waals surface area contributed by atoms with Crippen molar-refractivity contribution in [2.24, 2.45) is 0 Å². The lowest BCUT2D eigenvalue weighted by atomic mass is 10.1. The van der Waals surface area contributed by atoms with Crippen LogP contribution in [0.1, 0.15) is 13.0 Å². The smallest absolute Gasteiger partial charge is 0.315 e. The summed E-state index contributed by atoms with van der Waals surface area (Å²) in [7, 11) is 0. The minimum absolute atomic E-state index is 0. The first-order chi connectivity index (χ1) is 5.25. The van der Waals surface area contributed by atoms with Crippen LogP contribution in [-0.4, -0.2) is 11.1 Å². The number of hydrogen-bond donors (Lipinski definition) is 1. The van der Waals surface area contributed by atoms with Crippen LogP contribution in [0.5, 0.6) is 11.5 Å². The predicted molar refractivity (Wildman–Crippen MR) is 44.2 cm³/mol. The molecule has 0 unspecified atom stereocenters. The average Bonchev–Trinajstić information content (AvgIpc) is 2.27. The summed E-state index contributed by atoms with van der Waals surface area (Å²) in [6, 6.07) is 4.63. The number of benzene rings is 1. The van der Waals surface area contributed by atoms with Gasteiger partial charge >= 0.3 is 5.97 Å². The number of rotatable bonds is 0. The van der Waals surface area contributed by atoms with Crippen molar-refractivity contribution in [2.45, 2.75) is 13.8 Å². The van der Waals surface area contributed by atoms with Gasteiger partial charge < -0.3 is 9.84 Å². The molecule has 0 saturated heterocycles. The zero-order valence-corrected chi connectivity index (χ0v) is 5.70. The van der Waals surface area contributed by atoms with Gasteiger partial charge in [-0.3, -0.25) is 4.79 Å². The number of phenols is 1. The van der Waals surface area contributed by atoms with E-state index in [1.54, 1.807) is 12.1 Å². The largest absolute Gasteiger partial charge is 0.508 e. The number of aromatic hydroxyl groups is 1. The average molecular weight is 166 g/mol. The lowest BCUT2D eigenvalue weighted by Gasteiger charge is -1.95. The Morgan fingerprint density at radius 1 is 1.42 bits per heavy atom. The molecule has 0 bridgehead atoms. The molecule has 0 radical (unpaired) electrons. The van der Waals surface area contributed by atoms with Crippen molar-refractivity contribution in [1.82, 2.24) is 0 Å². The Hall–Kier alpha value is -1.51. The molecule has 0 fully saturated rings. The van der Waals surface area contributed by atoms with Crippen LogP contribution in [0.25, 0.3) is 0 Å². The zero-order chi connectivity index (χ0) is 7.84. The molecule has 0 aromatic heterocycles. The highest BCUT2D eigenvalue weighted by molar-refractivity contribution is 5.81. The maximum absolute atomic E-state index is 10.7. The highest BCUT2D eigenvalue weighted by Crippen LogP contribution is 2.28. The topological polar surface area (TPSA) is 46.5 Å². The van der Waals surface area contributed by atoms with Gasteiger partial charge in [-0.1, -0.05) is 7.43 Å². The van der Waals surface area contributed by atoms with Gasteiger partial charge in [-0.05, 0) is 18.2 Å². The summed E-state index contributed by atoms with van der Waals surface area (Å²) in [5, 5.41) is 9.02. The van der Waals surface area contributed by atoms with Crippen molar-refractivity contribution in [3.63, 3.8) is 0 Å². The van der Waals surface area contributed by atoms with E-state index in [0.717, 1.165) is 5.56 Å². The Bertz CT molecular complexity index is 318. The van der Waals surface area contributed by atoms with E-state index in [9.17, 15) is 4.79 Å². The van der Waals surface area contributed by atoms with Gasteiger partial charge in [-0.2, -0.15) is 0 Å². The number of fused-ring (bicyclic) bond motifs is 1. The molecule has 0 amide bonds. The maximum atomic E-state index is 10.7. The third kappa shape index (κ3) is 1.25. The van der Waals surface area contributed by atoms with Crippen molar-refractivity contribution < 1.29 is 14.6 Å². The summed E-state index contributed by atoms with van der Waals surface area (Å²) in [5.41, 5.74) is 0.759. The van der Waals surface area contributed by atoms with Crippen molar-refractivity contribution in [3.05, 3.63) is 23.8 Å². The molecule has 0 atom stereocenters. The van der Waals surface area contributed by atoms with E-state index in [-0.39, 0.29) is 25.6 Å². The third-order valence-corrected chi connectivity index (χ3v) is 1.60. The Labute approximate surface area is 70.6 Å². The molecule has 1 aliphatic heterocycles. The number of esters is 1. The van der Waals surface area contributed by atoms with Crippen LogP contribution in [0.15, 0.2) is 18.2 Å². The summed E-state index contributed by atoms with van der Waals surface area (Å²) < 4.78 is 4.81. The van der Waals surface area contributed by atoms with Crippen molar-refractivity contribution in [3.8, 4) is 11.5 Å². The molecule has 64 valence electrons. The number of hydrogen-bond acceptors (Lipinski definition) is 3. The number of carbonyl (C=O) groups is 1. The van der Waals surface area contributed by atoms with E-state index in [4.69, 9.17) is 9.84 Å². The van der Waals surface area contributed by atoms with Gasteiger partial charge in [0.25, 0.3) is 0 Å². The van der Waals surface area contributed by atoms with Gasteiger partial charge in [0, 0.05) is 5.56 Å². The van der Waals surface area contributed by atoms with Crippen LogP contribution in [0.3, 0.4) is 0 Å². The number of carbonyl (C=O) groups excluding carboxylic acids is 1. The van der Waals surface area contributed by atoms with Gasteiger partial charge in [-0.15, -0.1) is 0 Å². The first kappa shape index (κ1) is 8.59. The minimum atomic E-state index is -0.259. The fourth-order valence-corrected chi connectivity index (χ4v) is 1.12.